The van der Waals surface area contributed by atoms with Gasteiger partial charge in [0.2, 0.25) is 0 Å². The first-order valence-corrected chi connectivity index (χ1v) is 9.06. The molecule has 3 aromatic rings. The molecule has 0 aliphatic rings. The Labute approximate surface area is 163 Å². The lowest BCUT2D eigenvalue weighted by Crippen LogP contribution is -2.27. The van der Waals surface area contributed by atoms with Crippen LogP contribution in [0.5, 0.6) is 11.5 Å². The number of nitrogens with one attached hydrogen (secondary N) is 2. The predicted octanol–water partition coefficient (Wildman–Crippen LogP) is 3.13. The second kappa shape index (κ2) is 8.17. The molecule has 146 valence electrons. The fraction of sp³-hybridized carbons (Fsp3) is 0.273. The van der Waals surface area contributed by atoms with Gasteiger partial charge in [-0.2, -0.15) is 0 Å². The van der Waals surface area contributed by atoms with Crippen LogP contribution in [0.3, 0.4) is 0 Å². The average molecular weight is 380 g/mol. The number of pyridine rings is 1. The Balaban J connectivity index is 1.75. The zero-order valence-electron chi connectivity index (χ0n) is 16.5. The summed E-state index contributed by atoms with van der Waals surface area (Å²) in [5, 5.41) is 3.71. The van der Waals surface area contributed by atoms with Crippen LogP contribution < -0.4 is 20.3 Å². The molecular weight excluding hydrogens is 356 g/mol. The Morgan fingerprint density at radius 3 is 2.39 bits per heavy atom. The summed E-state index contributed by atoms with van der Waals surface area (Å²) < 4.78 is 10.6. The normalized spacial score (nSPS) is 10.7. The number of methoxy groups -OCH3 is 2. The van der Waals surface area contributed by atoms with Gasteiger partial charge < -0.3 is 19.8 Å². The number of hydrogen-bond donors (Lipinski definition) is 2. The van der Waals surface area contributed by atoms with Crippen LogP contribution >= 0.6 is 0 Å². The number of aryl methyl sites for hydroxylation is 2. The molecule has 1 amide bonds. The van der Waals surface area contributed by atoms with E-state index in [0.29, 0.717) is 41.1 Å². The van der Waals surface area contributed by atoms with Crippen LogP contribution in [0.1, 0.15) is 27.0 Å². The van der Waals surface area contributed by atoms with Crippen LogP contribution in [0.25, 0.3) is 10.9 Å². The molecule has 2 N–H and O–H groups in total. The highest BCUT2D eigenvalue weighted by Crippen LogP contribution is 2.31. The van der Waals surface area contributed by atoms with Crippen molar-refractivity contribution < 1.29 is 14.3 Å². The van der Waals surface area contributed by atoms with E-state index < -0.39 is 0 Å². The van der Waals surface area contributed by atoms with Crippen molar-refractivity contribution in [3.63, 3.8) is 0 Å². The molecule has 0 unspecified atom stereocenters. The van der Waals surface area contributed by atoms with E-state index in [1.807, 2.05) is 38.1 Å². The lowest BCUT2D eigenvalue weighted by atomic mass is 10.1. The molecule has 0 radical (unpaired) electrons. The number of carbonyl (C=O) groups excluding carboxylic acids is 1. The Hall–Kier alpha value is -3.28. The first-order chi connectivity index (χ1) is 13.4. The molecule has 0 fully saturated rings. The lowest BCUT2D eigenvalue weighted by molar-refractivity contribution is 0.0954. The number of carbonyl (C=O) groups is 1. The summed E-state index contributed by atoms with van der Waals surface area (Å²) in [6.07, 6.45) is 0.427. The predicted molar refractivity (Wildman–Crippen MR) is 110 cm³/mol. The van der Waals surface area contributed by atoms with Gasteiger partial charge in [-0.1, -0.05) is 6.07 Å². The molecule has 6 nitrogen and oxygen atoms in total. The van der Waals surface area contributed by atoms with Gasteiger partial charge in [0, 0.05) is 29.1 Å². The fourth-order valence-corrected chi connectivity index (χ4v) is 3.06. The van der Waals surface area contributed by atoms with Crippen molar-refractivity contribution in [2.45, 2.75) is 20.3 Å². The minimum absolute atomic E-state index is 0.147. The van der Waals surface area contributed by atoms with E-state index in [4.69, 9.17) is 9.47 Å². The average Bonchev–Trinajstić information content (AvgIpc) is 2.69. The number of ether oxygens (including phenoxy) is 2. The summed E-state index contributed by atoms with van der Waals surface area (Å²) in [6.45, 7) is 4.35. The van der Waals surface area contributed by atoms with E-state index >= 15 is 0 Å². The van der Waals surface area contributed by atoms with Gasteiger partial charge >= 0.3 is 0 Å². The lowest BCUT2D eigenvalue weighted by Gasteiger charge is -2.10. The second-order valence-electron chi connectivity index (χ2n) is 6.72. The van der Waals surface area contributed by atoms with Crippen molar-refractivity contribution in [2.24, 2.45) is 0 Å². The van der Waals surface area contributed by atoms with Crippen molar-refractivity contribution in [2.75, 3.05) is 20.8 Å². The summed E-state index contributed by atoms with van der Waals surface area (Å²) in [6, 6.07) is 11.0. The zero-order chi connectivity index (χ0) is 20.3. The summed E-state index contributed by atoms with van der Waals surface area (Å²) in [5.74, 6) is 1.00. The standard InChI is InChI=1S/C22H24N2O4/c1-13-5-6-15(9-14(13)2)21(25)23-8-7-16-10-17-11-19(27-3)20(28-4)12-18(17)24-22(16)26/h5-6,9-12H,7-8H2,1-4H3,(H,23,25)(H,24,26). The van der Waals surface area contributed by atoms with Crippen molar-refractivity contribution >= 4 is 16.8 Å². The van der Waals surface area contributed by atoms with Gasteiger partial charge in [-0.15, -0.1) is 0 Å². The molecule has 0 aliphatic carbocycles. The molecule has 6 heteroatoms. The van der Waals surface area contributed by atoms with Crippen LogP contribution in [-0.2, 0) is 6.42 Å². The van der Waals surface area contributed by atoms with Crippen LogP contribution in [0, 0.1) is 13.8 Å². The Morgan fingerprint density at radius 2 is 1.71 bits per heavy atom. The molecule has 0 bridgehead atoms. The second-order valence-corrected chi connectivity index (χ2v) is 6.72. The number of amides is 1. The molecule has 1 aromatic heterocycles. The van der Waals surface area contributed by atoms with E-state index in [9.17, 15) is 9.59 Å². The summed E-state index contributed by atoms with van der Waals surface area (Å²) in [7, 11) is 3.12. The highest BCUT2D eigenvalue weighted by molar-refractivity contribution is 5.94. The molecule has 3 rings (SSSR count). The van der Waals surface area contributed by atoms with Gasteiger partial charge in [0.15, 0.2) is 11.5 Å². The van der Waals surface area contributed by atoms with Gasteiger partial charge in [-0.25, -0.2) is 0 Å². The summed E-state index contributed by atoms with van der Waals surface area (Å²) in [4.78, 5) is 27.6. The molecule has 0 atom stereocenters. The molecule has 2 aromatic carbocycles. The van der Waals surface area contributed by atoms with Crippen LogP contribution in [-0.4, -0.2) is 31.7 Å². The van der Waals surface area contributed by atoms with Crippen LogP contribution in [0.4, 0.5) is 0 Å². The number of aromatic nitrogens is 1. The molecule has 0 saturated heterocycles. The van der Waals surface area contributed by atoms with E-state index in [0.717, 1.165) is 16.5 Å². The van der Waals surface area contributed by atoms with Crippen molar-refractivity contribution in [3.05, 3.63) is 69.0 Å². The monoisotopic (exact) mass is 380 g/mol. The smallest absolute Gasteiger partial charge is 0.251 e. The Morgan fingerprint density at radius 1 is 1.00 bits per heavy atom. The van der Waals surface area contributed by atoms with Crippen molar-refractivity contribution in [1.29, 1.82) is 0 Å². The van der Waals surface area contributed by atoms with Crippen LogP contribution in [0.15, 0.2) is 41.2 Å². The third kappa shape index (κ3) is 4.01. The van der Waals surface area contributed by atoms with Gasteiger partial charge in [-0.3, -0.25) is 9.59 Å². The van der Waals surface area contributed by atoms with Gasteiger partial charge in [-0.05, 0) is 55.7 Å². The first kappa shape index (κ1) is 19.5. The topological polar surface area (TPSA) is 80.4 Å². The minimum Gasteiger partial charge on any atom is -0.493 e. The minimum atomic E-state index is -0.180. The van der Waals surface area contributed by atoms with E-state index in [1.54, 1.807) is 26.4 Å². The van der Waals surface area contributed by atoms with E-state index in [1.165, 1.54) is 0 Å². The molecular formula is C22H24N2O4. The van der Waals surface area contributed by atoms with E-state index in [2.05, 4.69) is 10.3 Å². The molecule has 0 saturated carbocycles. The van der Waals surface area contributed by atoms with Crippen LogP contribution in [0.2, 0.25) is 0 Å². The molecule has 0 aliphatic heterocycles. The highest BCUT2D eigenvalue weighted by atomic mass is 16.5. The SMILES string of the molecule is COc1cc2cc(CCNC(=O)c3ccc(C)c(C)c3)c(=O)[nH]c2cc1OC. The first-order valence-electron chi connectivity index (χ1n) is 9.06. The number of aromatic amines is 1. The number of H-pyrrole nitrogens is 1. The maximum absolute atomic E-state index is 12.4. The van der Waals surface area contributed by atoms with E-state index in [-0.39, 0.29) is 11.5 Å². The molecule has 0 spiro atoms. The quantitative estimate of drug-likeness (QED) is 0.688. The highest BCUT2D eigenvalue weighted by Gasteiger charge is 2.10. The summed E-state index contributed by atoms with van der Waals surface area (Å²) >= 11 is 0. The molecule has 28 heavy (non-hydrogen) atoms. The largest absolute Gasteiger partial charge is 0.493 e. The van der Waals surface area contributed by atoms with Gasteiger partial charge in [0.1, 0.15) is 0 Å². The number of fused-ring (bicyclic) bond motifs is 1. The fourth-order valence-electron chi connectivity index (χ4n) is 3.06. The maximum Gasteiger partial charge on any atom is 0.251 e. The van der Waals surface area contributed by atoms with Crippen molar-refractivity contribution in [3.8, 4) is 11.5 Å². The third-order valence-electron chi connectivity index (χ3n) is 4.87. The molecule has 1 heterocycles. The zero-order valence-corrected chi connectivity index (χ0v) is 16.5. The Bertz CT molecular complexity index is 1090. The maximum atomic E-state index is 12.4. The van der Waals surface area contributed by atoms with Gasteiger partial charge in [0.05, 0.1) is 19.7 Å². The third-order valence-corrected chi connectivity index (χ3v) is 4.87. The number of hydrogen-bond acceptors (Lipinski definition) is 4. The van der Waals surface area contributed by atoms with Gasteiger partial charge in [0.25, 0.3) is 11.5 Å². The number of rotatable bonds is 6. The van der Waals surface area contributed by atoms with Crippen molar-refractivity contribution in [1.82, 2.24) is 10.3 Å². The Kier molecular flexibility index (Phi) is 5.68. The number of benzene rings is 2. The summed E-state index contributed by atoms with van der Waals surface area (Å²) in [5.41, 5.74) is 3.92.